The highest BCUT2D eigenvalue weighted by atomic mass is 32.2. The third-order valence-electron chi connectivity index (χ3n) is 13.5. The Labute approximate surface area is 501 Å². The molecule has 4 unspecified atom stereocenters. The van der Waals surface area contributed by atoms with E-state index in [4.69, 9.17) is 9.47 Å². The Bertz CT molecular complexity index is 3890. The minimum Gasteiger partial charge on any atom is -0.497 e. The van der Waals surface area contributed by atoms with Gasteiger partial charge in [-0.3, -0.25) is 0 Å². The molecule has 0 spiro atoms. The molecular formula is C64H42F18O6S2. The fourth-order valence-corrected chi connectivity index (χ4v) is 12.7. The molecule has 0 aromatic heterocycles. The van der Waals surface area contributed by atoms with E-state index in [-0.39, 0.29) is 33.8 Å². The van der Waals surface area contributed by atoms with Crippen molar-refractivity contribution < 1.29 is 105 Å². The SMILES string of the molecule is COc1ccc(C(C=Cc2c(F)c(F)c(F)c(F)c2F)S(=O)(=O)C(/C=C/c2c(F)c(F)c(F)c(F)c2F)c2ccc(OC)cc2)cc1.O=S(=O)(C(C=Cc1ccc(F)cc1)c1ccc(C(F)(F)F)cc1)C(/C=C/c1ccc(F)cc1)c1ccc(C(F)(F)F)cc1. The van der Waals surface area contributed by atoms with Crippen molar-refractivity contribution in [3.63, 3.8) is 0 Å². The number of halogens is 18. The topological polar surface area (TPSA) is 86.7 Å². The third-order valence-corrected chi connectivity index (χ3v) is 18.0. The molecule has 8 aromatic carbocycles. The van der Waals surface area contributed by atoms with E-state index < -0.39 is 145 Å². The highest BCUT2D eigenvalue weighted by Gasteiger charge is 2.38. The Morgan fingerprint density at radius 1 is 0.311 bits per heavy atom. The van der Waals surface area contributed by atoms with E-state index >= 15 is 0 Å². The predicted octanol–water partition coefficient (Wildman–Crippen LogP) is 18.3. The number of sulfone groups is 2. The molecule has 0 saturated carbocycles. The van der Waals surface area contributed by atoms with E-state index in [0.717, 1.165) is 72.8 Å². The molecule has 0 bridgehead atoms. The van der Waals surface area contributed by atoms with E-state index in [1.54, 1.807) is 0 Å². The second kappa shape index (κ2) is 28.2. The lowest BCUT2D eigenvalue weighted by Crippen LogP contribution is -2.19. The number of benzene rings is 8. The normalized spacial score (nSPS) is 13.8. The Balaban J connectivity index is 0.000000257. The summed E-state index contributed by atoms with van der Waals surface area (Å²) in [5.74, 6) is -23.8. The smallest absolute Gasteiger partial charge is 0.416 e. The van der Waals surface area contributed by atoms with E-state index in [1.165, 1.54) is 111 Å². The van der Waals surface area contributed by atoms with Crippen LogP contribution < -0.4 is 9.47 Å². The number of hydrogen-bond donors (Lipinski definition) is 0. The summed E-state index contributed by atoms with van der Waals surface area (Å²) in [7, 11) is -6.86. The lowest BCUT2D eigenvalue weighted by Gasteiger charge is -2.22. The zero-order valence-electron chi connectivity index (χ0n) is 45.9. The molecule has 0 aliphatic rings. The van der Waals surface area contributed by atoms with Gasteiger partial charge in [-0.1, -0.05) is 121 Å². The molecular weight excluding hydrogens is 1270 g/mol. The summed E-state index contributed by atoms with van der Waals surface area (Å²) in [6, 6.07) is 26.9. The van der Waals surface area contributed by atoms with Gasteiger partial charge < -0.3 is 9.47 Å². The minimum absolute atomic E-state index is 0.0431. The van der Waals surface area contributed by atoms with Gasteiger partial charge in [-0.15, -0.1) is 0 Å². The maximum absolute atomic E-state index is 14.5. The van der Waals surface area contributed by atoms with Crippen molar-refractivity contribution >= 4 is 44.0 Å². The van der Waals surface area contributed by atoms with Crippen LogP contribution in [0.3, 0.4) is 0 Å². The second-order valence-electron chi connectivity index (χ2n) is 19.2. The number of alkyl halides is 6. The average molecular weight is 1310 g/mol. The van der Waals surface area contributed by atoms with Gasteiger partial charge >= 0.3 is 12.4 Å². The molecule has 0 N–H and O–H groups in total. The molecule has 4 atom stereocenters. The van der Waals surface area contributed by atoms with E-state index in [9.17, 15) is 95.9 Å². The van der Waals surface area contributed by atoms with Gasteiger partial charge in [0.05, 0.1) is 36.5 Å². The lowest BCUT2D eigenvalue weighted by atomic mass is 10.1. The minimum atomic E-state index is -4.93. The summed E-state index contributed by atoms with van der Waals surface area (Å²) in [6.07, 6.45) is -2.31. The van der Waals surface area contributed by atoms with Gasteiger partial charge in [-0.05, 0) is 106 Å². The molecule has 0 fully saturated rings. The van der Waals surface area contributed by atoms with Crippen LogP contribution in [0.4, 0.5) is 79.0 Å². The van der Waals surface area contributed by atoms with E-state index in [0.29, 0.717) is 35.4 Å². The van der Waals surface area contributed by atoms with Gasteiger partial charge in [-0.25, -0.2) is 69.5 Å². The molecule has 0 aliphatic carbocycles. The molecule has 0 aliphatic heterocycles. The third kappa shape index (κ3) is 15.7. The van der Waals surface area contributed by atoms with Crippen LogP contribution in [0.15, 0.2) is 170 Å². The van der Waals surface area contributed by atoms with Crippen LogP contribution >= 0.6 is 0 Å². The Kier molecular flexibility index (Phi) is 21.4. The zero-order valence-corrected chi connectivity index (χ0v) is 47.5. The summed E-state index contributed by atoms with van der Waals surface area (Å²) in [5, 5.41) is -7.14. The molecule has 6 nitrogen and oxygen atoms in total. The van der Waals surface area contributed by atoms with Crippen LogP contribution in [0.25, 0.3) is 24.3 Å². The Hall–Kier alpha value is -9.04. The quantitative estimate of drug-likeness (QED) is 0.0483. The van der Waals surface area contributed by atoms with Crippen LogP contribution in [0.1, 0.15) is 76.6 Å². The first-order valence-corrected chi connectivity index (χ1v) is 28.9. The first-order chi connectivity index (χ1) is 42.3. The standard InChI is InChI=1S/C32H20F10O4S.C32H22F8O2S/c1-45-17-7-3-15(4-8-17)21(13-11-19-23(33)27(37)31(41)28(38)24(19)34)47(43,44)22(16-5-9-18(46-2)10-6-16)14-12-20-25(35)29(39)32(42)30(40)26(20)36;33-27-15-1-21(2-16-27)5-19-29(23-7-11-25(12-8-23)31(35,36)37)43(41,42)30(20-6-22-3-17-28(34)18-4-22)24-9-13-26(14-10-24)32(38,39)40/h3-14,21-22H,1-2H3;1-20,29-30H/b13-11+,14-12?;19-5+,20-6?. The summed E-state index contributed by atoms with van der Waals surface area (Å²) in [4.78, 5) is 0. The van der Waals surface area contributed by atoms with Crippen LogP contribution in [-0.2, 0) is 32.0 Å². The first kappa shape index (κ1) is 68.5. The first-order valence-electron chi connectivity index (χ1n) is 25.6. The number of rotatable bonds is 18. The van der Waals surface area contributed by atoms with Crippen molar-refractivity contribution in [3.8, 4) is 11.5 Å². The van der Waals surface area contributed by atoms with Gasteiger partial charge in [0.25, 0.3) is 0 Å². The molecule has 472 valence electrons. The molecule has 26 heteroatoms. The van der Waals surface area contributed by atoms with Crippen molar-refractivity contribution in [1.29, 1.82) is 0 Å². The van der Waals surface area contributed by atoms with Crippen LogP contribution in [0.5, 0.6) is 11.5 Å². The number of ether oxygens (including phenoxy) is 2. The molecule has 8 aromatic rings. The second-order valence-corrected chi connectivity index (χ2v) is 23.5. The summed E-state index contributed by atoms with van der Waals surface area (Å²) in [6.45, 7) is 0. The fourth-order valence-electron chi connectivity index (χ4n) is 8.72. The highest BCUT2D eigenvalue weighted by molar-refractivity contribution is 7.92. The molecule has 0 heterocycles. The molecule has 0 amide bonds. The molecule has 0 radical (unpaired) electrons. The number of methoxy groups -OCH3 is 2. The maximum atomic E-state index is 14.5. The highest BCUT2D eigenvalue weighted by Crippen LogP contribution is 2.42. The van der Waals surface area contributed by atoms with Crippen LogP contribution in [0, 0.1) is 69.8 Å². The van der Waals surface area contributed by atoms with Crippen molar-refractivity contribution in [2.24, 2.45) is 0 Å². The summed E-state index contributed by atoms with van der Waals surface area (Å²) >= 11 is 0. The van der Waals surface area contributed by atoms with Crippen molar-refractivity contribution in [3.05, 3.63) is 295 Å². The number of hydrogen-bond acceptors (Lipinski definition) is 6. The zero-order chi connectivity index (χ0) is 66.2. The van der Waals surface area contributed by atoms with Crippen molar-refractivity contribution in [2.45, 2.75) is 33.4 Å². The van der Waals surface area contributed by atoms with Gasteiger partial charge in [0, 0.05) is 0 Å². The lowest BCUT2D eigenvalue weighted by molar-refractivity contribution is -0.138. The van der Waals surface area contributed by atoms with Crippen molar-refractivity contribution in [1.82, 2.24) is 0 Å². The largest absolute Gasteiger partial charge is 0.497 e. The van der Waals surface area contributed by atoms with Crippen molar-refractivity contribution in [2.75, 3.05) is 14.2 Å². The fraction of sp³-hybridized carbons (Fsp3) is 0.125. The van der Waals surface area contributed by atoms with Crippen LogP contribution in [0.2, 0.25) is 0 Å². The Morgan fingerprint density at radius 3 is 0.767 bits per heavy atom. The van der Waals surface area contributed by atoms with E-state index in [2.05, 4.69) is 0 Å². The van der Waals surface area contributed by atoms with Gasteiger partial charge in [0.15, 0.2) is 66.2 Å². The average Bonchev–Trinajstić information content (AvgIpc) is 0.827. The van der Waals surface area contributed by atoms with Gasteiger partial charge in [0.1, 0.15) is 44.1 Å². The maximum Gasteiger partial charge on any atom is 0.416 e. The molecule has 8 rings (SSSR count). The van der Waals surface area contributed by atoms with E-state index in [1.807, 2.05) is 0 Å². The molecule has 0 saturated heterocycles. The van der Waals surface area contributed by atoms with Gasteiger partial charge in [0.2, 0.25) is 11.6 Å². The summed E-state index contributed by atoms with van der Waals surface area (Å²) in [5.41, 5.74) is -4.57. The Morgan fingerprint density at radius 2 is 0.533 bits per heavy atom. The predicted molar refractivity (Wildman–Crippen MR) is 299 cm³/mol. The van der Waals surface area contributed by atoms with Gasteiger partial charge in [-0.2, -0.15) is 26.3 Å². The van der Waals surface area contributed by atoms with Crippen LogP contribution in [-0.4, -0.2) is 31.1 Å². The molecule has 90 heavy (non-hydrogen) atoms. The summed E-state index contributed by atoms with van der Waals surface area (Å²) < 4.78 is 314. The monoisotopic (exact) mass is 1310 g/mol.